The number of hydrogen-bond acceptors (Lipinski definition) is 5. The van der Waals surface area contributed by atoms with Crippen molar-refractivity contribution in [3.8, 4) is 22.5 Å². The van der Waals surface area contributed by atoms with Gasteiger partial charge in [0.05, 0.1) is 0 Å². The van der Waals surface area contributed by atoms with Crippen molar-refractivity contribution < 1.29 is 8.78 Å². The Bertz CT molecular complexity index is 1170. The summed E-state index contributed by atoms with van der Waals surface area (Å²) in [4.78, 5) is 4.25. The molecular formula is C24H27F2N7. The summed E-state index contributed by atoms with van der Waals surface area (Å²) in [6, 6.07) is 15.8. The van der Waals surface area contributed by atoms with Gasteiger partial charge < -0.3 is 0 Å². The molecule has 0 saturated carbocycles. The van der Waals surface area contributed by atoms with Gasteiger partial charge in [-0.25, -0.2) is 9.67 Å². The minimum absolute atomic E-state index is 0.229. The van der Waals surface area contributed by atoms with E-state index >= 15 is 0 Å². The molecule has 2 aromatic heterocycles. The molecule has 0 aliphatic carbocycles. The number of halogens is 2. The van der Waals surface area contributed by atoms with Crippen LogP contribution in [0.25, 0.3) is 22.5 Å². The van der Waals surface area contributed by atoms with Crippen LogP contribution in [0.1, 0.15) is 56.7 Å². The third kappa shape index (κ3) is 5.13. The van der Waals surface area contributed by atoms with Gasteiger partial charge in [0.1, 0.15) is 5.82 Å². The standard InChI is InChI=1S/C24H27F2N7/c1-3-5-14-24(25,26)23-27-21(33(30-23)15-4-2)16-17-10-12-18(13-11-17)19-8-6-7-9-20(19)22-28-31-32-29-22/h6-13H,3-5,14-16H2,1-2H3,(H,28,29,31,32). The lowest BCUT2D eigenvalue weighted by Gasteiger charge is -2.11. The van der Waals surface area contributed by atoms with Crippen molar-refractivity contribution in [2.75, 3.05) is 0 Å². The highest BCUT2D eigenvalue weighted by Gasteiger charge is 2.36. The Morgan fingerprint density at radius 3 is 2.39 bits per heavy atom. The van der Waals surface area contributed by atoms with E-state index in [1.54, 1.807) is 4.68 Å². The number of tetrazole rings is 1. The SMILES string of the molecule is CCCCC(F)(F)c1nc(Cc2ccc(-c3ccccc3-c3nn[nH]n3)cc2)n(CCC)n1. The number of alkyl halides is 2. The van der Waals surface area contributed by atoms with Gasteiger partial charge in [-0.05, 0) is 34.7 Å². The summed E-state index contributed by atoms with van der Waals surface area (Å²) in [6.07, 6.45) is 2.15. The molecule has 2 heterocycles. The Morgan fingerprint density at radius 2 is 1.73 bits per heavy atom. The molecule has 0 radical (unpaired) electrons. The van der Waals surface area contributed by atoms with Crippen molar-refractivity contribution in [2.45, 2.75) is 58.4 Å². The fraction of sp³-hybridized carbons (Fsp3) is 0.375. The molecule has 4 aromatic rings. The first-order valence-electron chi connectivity index (χ1n) is 11.3. The maximum Gasteiger partial charge on any atom is 0.308 e. The van der Waals surface area contributed by atoms with E-state index in [1.807, 2.05) is 62.4 Å². The molecule has 172 valence electrons. The van der Waals surface area contributed by atoms with Crippen LogP contribution in [0, 0.1) is 0 Å². The van der Waals surface area contributed by atoms with Crippen LogP contribution in [0.2, 0.25) is 0 Å². The van der Waals surface area contributed by atoms with E-state index in [4.69, 9.17) is 0 Å². The molecule has 0 amide bonds. The van der Waals surface area contributed by atoms with Crippen LogP contribution in [0.5, 0.6) is 0 Å². The second-order valence-electron chi connectivity index (χ2n) is 8.04. The Labute approximate surface area is 191 Å². The summed E-state index contributed by atoms with van der Waals surface area (Å²) in [5.74, 6) is -2.29. The summed E-state index contributed by atoms with van der Waals surface area (Å²) >= 11 is 0. The largest absolute Gasteiger partial charge is 0.308 e. The number of unbranched alkanes of at least 4 members (excludes halogenated alkanes) is 1. The van der Waals surface area contributed by atoms with Crippen molar-refractivity contribution in [1.82, 2.24) is 35.4 Å². The molecule has 9 heteroatoms. The van der Waals surface area contributed by atoms with Gasteiger partial charge in [0.15, 0.2) is 0 Å². The van der Waals surface area contributed by atoms with Gasteiger partial charge in [-0.3, -0.25) is 0 Å². The zero-order chi connectivity index (χ0) is 23.3. The van der Waals surface area contributed by atoms with Gasteiger partial charge in [0.25, 0.3) is 0 Å². The number of aromatic nitrogens is 7. The normalized spacial score (nSPS) is 11.8. The van der Waals surface area contributed by atoms with Crippen molar-refractivity contribution in [3.05, 3.63) is 65.7 Å². The third-order valence-electron chi connectivity index (χ3n) is 5.50. The van der Waals surface area contributed by atoms with Gasteiger partial charge in [0.2, 0.25) is 11.6 Å². The second-order valence-corrected chi connectivity index (χ2v) is 8.04. The van der Waals surface area contributed by atoms with E-state index in [9.17, 15) is 8.78 Å². The summed E-state index contributed by atoms with van der Waals surface area (Å²) in [5.41, 5.74) is 3.84. The highest BCUT2D eigenvalue weighted by Crippen LogP contribution is 2.32. The fourth-order valence-electron chi connectivity index (χ4n) is 3.75. The van der Waals surface area contributed by atoms with E-state index in [1.165, 1.54) is 0 Å². The van der Waals surface area contributed by atoms with Gasteiger partial charge in [-0.15, -0.1) is 15.3 Å². The molecule has 4 rings (SSSR count). The highest BCUT2D eigenvalue weighted by atomic mass is 19.3. The Balaban J connectivity index is 1.58. The first-order valence-corrected chi connectivity index (χ1v) is 11.3. The summed E-state index contributed by atoms with van der Waals surface area (Å²) in [7, 11) is 0. The van der Waals surface area contributed by atoms with E-state index in [-0.39, 0.29) is 12.2 Å². The molecule has 0 aliphatic heterocycles. The van der Waals surface area contributed by atoms with Crippen LogP contribution in [0.3, 0.4) is 0 Å². The zero-order valence-corrected chi connectivity index (χ0v) is 18.8. The predicted octanol–water partition coefficient (Wildman–Crippen LogP) is 5.41. The molecule has 0 bridgehead atoms. The summed E-state index contributed by atoms with van der Waals surface area (Å²) in [5, 5.41) is 18.5. The third-order valence-corrected chi connectivity index (χ3v) is 5.50. The van der Waals surface area contributed by atoms with Crippen LogP contribution in [-0.2, 0) is 18.9 Å². The van der Waals surface area contributed by atoms with Crippen LogP contribution >= 0.6 is 0 Å². The van der Waals surface area contributed by atoms with Gasteiger partial charge in [-0.1, -0.05) is 68.8 Å². The van der Waals surface area contributed by atoms with Crippen molar-refractivity contribution in [2.24, 2.45) is 0 Å². The van der Waals surface area contributed by atoms with Crippen molar-refractivity contribution in [1.29, 1.82) is 0 Å². The quantitative estimate of drug-likeness (QED) is 0.349. The summed E-state index contributed by atoms with van der Waals surface area (Å²) in [6.45, 7) is 4.45. The molecule has 2 aromatic carbocycles. The number of hydrogen-bond donors (Lipinski definition) is 1. The number of benzene rings is 2. The van der Waals surface area contributed by atoms with E-state index < -0.39 is 5.92 Å². The van der Waals surface area contributed by atoms with Crippen LogP contribution < -0.4 is 0 Å². The van der Waals surface area contributed by atoms with E-state index in [2.05, 4.69) is 30.7 Å². The molecule has 0 atom stereocenters. The van der Waals surface area contributed by atoms with Gasteiger partial charge >= 0.3 is 5.92 Å². The average Bonchev–Trinajstić information content (AvgIpc) is 3.50. The maximum atomic E-state index is 14.6. The molecule has 33 heavy (non-hydrogen) atoms. The average molecular weight is 452 g/mol. The van der Waals surface area contributed by atoms with Crippen LogP contribution in [-0.4, -0.2) is 35.4 Å². The zero-order valence-electron chi connectivity index (χ0n) is 18.8. The van der Waals surface area contributed by atoms with Gasteiger partial charge in [-0.2, -0.15) is 14.0 Å². The van der Waals surface area contributed by atoms with Gasteiger partial charge in [0, 0.05) is 24.9 Å². The predicted molar refractivity (Wildman–Crippen MR) is 122 cm³/mol. The highest BCUT2D eigenvalue weighted by molar-refractivity contribution is 5.80. The lowest BCUT2D eigenvalue weighted by molar-refractivity contribution is -0.0246. The number of nitrogens with one attached hydrogen (secondary N) is 1. The molecule has 0 unspecified atom stereocenters. The number of nitrogens with zero attached hydrogens (tertiary/aromatic N) is 6. The smallest absolute Gasteiger partial charge is 0.249 e. The van der Waals surface area contributed by atoms with E-state index in [0.29, 0.717) is 37.5 Å². The monoisotopic (exact) mass is 451 g/mol. The number of aryl methyl sites for hydroxylation is 1. The molecule has 7 nitrogen and oxygen atoms in total. The van der Waals surface area contributed by atoms with Crippen molar-refractivity contribution in [3.63, 3.8) is 0 Å². The Morgan fingerprint density at radius 1 is 0.970 bits per heavy atom. The molecule has 0 spiro atoms. The molecule has 0 saturated heterocycles. The number of aromatic amines is 1. The van der Waals surface area contributed by atoms with Crippen molar-refractivity contribution >= 4 is 0 Å². The van der Waals surface area contributed by atoms with Crippen LogP contribution in [0.4, 0.5) is 8.78 Å². The minimum Gasteiger partial charge on any atom is -0.249 e. The molecular weight excluding hydrogens is 424 g/mol. The summed E-state index contributed by atoms with van der Waals surface area (Å²) < 4.78 is 30.7. The minimum atomic E-state index is -3.01. The topological polar surface area (TPSA) is 85.2 Å². The molecule has 0 fully saturated rings. The maximum absolute atomic E-state index is 14.6. The second kappa shape index (κ2) is 9.97. The lowest BCUT2D eigenvalue weighted by atomic mass is 9.98. The Kier molecular flexibility index (Phi) is 6.86. The molecule has 1 N–H and O–H groups in total. The number of rotatable bonds is 10. The van der Waals surface area contributed by atoms with E-state index in [0.717, 1.165) is 28.7 Å². The first kappa shape index (κ1) is 22.7. The van der Waals surface area contributed by atoms with Crippen LogP contribution in [0.15, 0.2) is 48.5 Å². The lowest BCUT2D eigenvalue weighted by Crippen LogP contribution is -2.16. The number of H-pyrrole nitrogens is 1. The first-order chi connectivity index (χ1) is 16.0. The fourth-order valence-corrected chi connectivity index (χ4v) is 3.75. The molecule has 0 aliphatic rings. The Hall–Kier alpha value is -3.49.